The number of anilines is 1. The average Bonchev–Trinajstić information content (AvgIpc) is 2.97. The van der Waals surface area contributed by atoms with Gasteiger partial charge in [-0.3, -0.25) is 15.2 Å². The second kappa shape index (κ2) is 4.52. The summed E-state index contributed by atoms with van der Waals surface area (Å²) in [5.41, 5.74) is 1.26. The molecule has 2 N–H and O–H groups in total. The highest BCUT2D eigenvalue weighted by atomic mass is 16.5. The van der Waals surface area contributed by atoms with E-state index in [-0.39, 0.29) is 18.3 Å². The molecule has 2 aromatic heterocycles. The van der Waals surface area contributed by atoms with Crippen molar-refractivity contribution in [3.05, 3.63) is 35.8 Å². The van der Waals surface area contributed by atoms with Crippen LogP contribution in [0.4, 0.5) is 5.95 Å². The first kappa shape index (κ1) is 11.4. The van der Waals surface area contributed by atoms with Crippen LogP contribution in [0, 0.1) is 6.92 Å². The summed E-state index contributed by atoms with van der Waals surface area (Å²) in [5, 5.41) is 13.8. The van der Waals surface area contributed by atoms with Crippen LogP contribution in [0.5, 0.6) is 0 Å². The zero-order valence-corrected chi connectivity index (χ0v) is 10.2. The lowest BCUT2D eigenvalue weighted by Gasteiger charge is -1.97. The van der Waals surface area contributed by atoms with Crippen molar-refractivity contribution in [3.63, 3.8) is 0 Å². The highest BCUT2D eigenvalue weighted by molar-refractivity contribution is 5.93. The minimum Gasteiger partial charge on any atom is -0.356 e. The smallest absolute Gasteiger partial charge is 0.248 e. The van der Waals surface area contributed by atoms with E-state index in [4.69, 9.17) is 4.52 Å². The quantitative estimate of drug-likeness (QED) is 0.739. The van der Waals surface area contributed by atoms with Crippen molar-refractivity contribution in [2.75, 3.05) is 5.32 Å². The summed E-state index contributed by atoms with van der Waals surface area (Å²) in [6.07, 6.45) is 0.116. The summed E-state index contributed by atoms with van der Waals surface area (Å²) in [5.74, 6) is 0.663. The molecule has 0 spiro atoms. The molecule has 3 rings (SSSR count). The van der Waals surface area contributed by atoms with Crippen LogP contribution in [0.3, 0.4) is 0 Å². The van der Waals surface area contributed by atoms with E-state index in [2.05, 4.69) is 25.7 Å². The molecule has 0 bridgehead atoms. The number of aromatic nitrogens is 4. The van der Waals surface area contributed by atoms with Gasteiger partial charge in [0, 0.05) is 5.39 Å². The molecular formula is C12H11N5O2. The lowest BCUT2D eigenvalue weighted by Crippen LogP contribution is -2.15. The molecule has 1 amide bonds. The lowest BCUT2D eigenvalue weighted by atomic mass is 10.2. The molecule has 0 atom stereocenters. The van der Waals surface area contributed by atoms with Gasteiger partial charge in [0.1, 0.15) is 11.5 Å². The maximum absolute atomic E-state index is 11.8. The van der Waals surface area contributed by atoms with Crippen LogP contribution in [-0.4, -0.2) is 26.2 Å². The third kappa shape index (κ3) is 2.30. The van der Waals surface area contributed by atoms with Crippen LogP contribution >= 0.6 is 0 Å². The number of aromatic amines is 1. The Hall–Kier alpha value is -2.70. The van der Waals surface area contributed by atoms with Gasteiger partial charge in [-0.15, -0.1) is 5.10 Å². The van der Waals surface area contributed by atoms with E-state index < -0.39 is 0 Å². The van der Waals surface area contributed by atoms with Gasteiger partial charge in [0.15, 0.2) is 5.58 Å². The first-order valence-electron chi connectivity index (χ1n) is 5.74. The number of rotatable bonds is 3. The Morgan fingerprint density at radius 3 is 3.05 bits per heavy atom. The second-order valence-electron chi connectivity index (χ2n) is 4.09. The minimum atomic E-state index is -0.238. The molecule has 0 aliphatic heterocycles. The first-order valence-corrected chi connectivity index (χ1v) is 5.74. The van der Waals surface area contributed by atoms with Crippen molar-refractivity contribution < 1.29 is 9.32 Å². The van der Waals surface area contributed by atoms with Gasteiger partial charge in [0.2, 0.25) is 11.9 Å². The first-order chi connectivity index (χ1) is 9.22. The van der Waals surface area contributed by atoms with Crippen LogP contribution in [0.2, 0.25) is 0 Å². The predicted octanol–water partition coefficient (Wildman–Crippen LogP) is 1.44. The van der Waals surface area contributed by atoms with Crippen LogP contribution in [-0.2, 0) is 11.2 Å². The SMILES string of the molecule is Cc1nc(NC(=O)Cc2noc3ccccc23)n[nH]1. The number of benzene rings is 1. The zero-order chi connectivity index (χ0) is 13.2. The Bertz CT molecular complexity index is 730. The number of nitrogens with one attached hydrogen (secondary N) is 2. The van der Waals surface area contributed by atoms with Gasteiger partial charge >= 0.3 is 0 Å². The third-order valence-corrected chi connectivity index (χ3v) is 2.63. The van der Waals surface area contributed by atoms with Gasteiger partial charge in [-0.25, -0.2) is 0 Å². The van der Waals surface area contributed by atoms with Gasteiger partial charge in [-0.05, 0) is 19.1 Å². The van der Waals surface area contributed by atoms with E-state index in [9.17, 15) is 4.79 Å². The largest absolute Gasteiger partial charge is 0.356 e. The van der Waals surface area contributed by atoms with E-state index >= 15 is 0 Å². The van der Waals surface area contributed by atoms with Crippen molar-refractivity contribution in [2.24, 2.45) is 0 Å². The van der Waals surface area contributed by atoms with Crippen molar-refractivity contribution in [1.29, 1.82) is 0 Å². The summed E-state index contributed by atoms with van der Waals surface area (Å²) < 4.78 is 5.14. The summed E-state index contributed by atoms with van der Waals surface area (Å²) in [4.78, 5) is 15.8. The lowest BCUT2D eigenvalue weighted by molar-refractivity contribution is -0.115. The molecule has 1 aromatic carbocycles. The Balaban J connectivity index is 1.76. The van der Waals surface area contributed by atoms with Crippen molar-refractivity contribution in [3.8, 4) is 0 Å². The Kier molecular flexibility index (Phi) is 2.71. The number of hydrogen-bond donors (Lipinski definition) is 2. The fourth-order valence-corrected chi connectivity index (χ4v) is 1.79. The normalized spacial score (nSPS) is 10.8. The van der Waals surface area contributed by atoms with E-state index in [1.807, 2.05) is 24.3 Å². The molecule has 2 heterocycles. The third-order valence-electron chi connectivity index (χ3n) is 2.63. The highest BCUT2D eigenvalue weighted by Gasteiger charge is 2.13. The van der Waals surface area contributed by atoms with Gasteiger partial charge in [-0.1, -0.05) is 17.3 Å². The van der Waals surface area contributed by atoms with Crippen molar-refractivity contribution in [2.45, 2.75) is 13.3 Å². The Morgan fingerprint density at radius 2 is 2.26 bits per heavy atom. The van der Waals surface area contributed by atoms with Crippen LogP contribution in [0.25, 0.3) is 11.0 Å². The molecule has 7 heteroatoms. The summed E-state index contributed by atoms with van der Waals surface area (Å²) in [7, 11) is 0. The predicted molar refractivity (Wildman–Crippen MR) is 67.5 cm³/mol. The number of fused-ring (bicyclic) bond motifs is 1. The van der Waals surface area contributed by atoms with Crippen LogP contribution < -0.4 is 5.32 Å². The van der Waals surface area contributed by atoms with Crippen LogP contribution in [0.15, 0.2) is 28.8 Å². The number of carbonyl (C=O) groups excluding carboxylic acids is 1. The molecule has 0 unspecified atom stereocenters. The topological polar surface area (TPSA) is 96.7 Å². The molecule has 0 fully saturated rings. The van der Waals surface area contributed by atoms with Crippen molar-refractivity contribution >= 4 is 22.8 Å². The molecule has 7 nitrogen and oxygen atoms in total. The number of para-hydroxylation sites is 1. The van der Waals surface area contributed by atoms with E-state index in [1.54, 1.807) is 6.92 Å². The number of H-pyrrole nitrogens is 1. The van der Waals surface area contributed by atoms with Gasteiger partial charge < -0.3 is 4.52 Å². The fraction of sp³-hybridized carbons (Fsp3) is 0.167. The number of carbonyl (C=O) groups is 1. The Morgan fingerprint density at radius 1 is 1.42 bits per heavy atom. The number of aryl methyl sites for hydroxylation is 1. The average molecular weight is 257 g/mol. The molecule has 0 aliphatic carbocycles. The van der Waals surface area contributed by atoms with Crippen LogP contribution in [0.1, 0.15) is 11.5 Å². The molecule has 0 saturated carbocycles. The molecule has 0 radical (unpaired) electrons. The Labute approximate surface area is 108 Å². The fourth-order valence-electron chi connectivity index (χ4n) is 1.79. The molecule has 0 saturated heterocycles. The minimum absolute atomic E-state index is 0.116. The summed E-state index contributed by atoms with van der Waals surface area (Å²) >= 11 is 0. The number of hydrogen-bond acceptors (Lipinski definition) is 5. The maximum atomic E-state index is 11.8. The van der Waals surface area contributed by atoms with E-state index in [0.717, 1.165) is 5.39 Å². The second-order valence-corrected chi connectivity index (χ2v) is 4.09. The standard InChI is InChI=1S/C12H11N5O2/c1-7-13-12(16-15-7)14-11(18)6-9-8-4-2-3-5-10(8)19-17-9/h2-5H,6H2,1H3,(H2,13,14,15,16,18). The van der Waals surface area contributed by atoms with E-state index in [1.165, 1.54) is 0 Å². The van der Waals surface area contributed by atoms with Gasteiger partial charge in [0.25, 0.3) is 0 Å². The molecule has 19 heavy (non-hydrogen) atoms. The molecule has 96 valence electrons. The van der Waals surface area contributed by atoms with Gasteiger partial charge in [0.05, 0.1) is 6.42 Å². The maximum Gasteiger partial charge on any atom is 0.248 e. The molecule has 0 aliphatic rings. The number of nitrogens with zero attached hydrogens (tertiary/aromatic N) is 3. The summed E-state index contributed by atoms with van der Waals surface area (Å²) in [6.45, 7) is 1.76. The monoisotopic (exact) mass is 257 g/mol. The number of amides is 1. The molecular weight excluding hydrogens is 246 g/mol. The zero-order valence-electron chi connectivity index (χ0n) is 10.2. The summed E-state index contributed by atoms with van der Waals surface area (Å²) in [6, 6.07) is 7.40. The highest BCUT2D eigenvalue weighted by Crippen LogP contribution is 2.18. The molecule has 3 aromatic rings. The van der Waals surface area contributed by atoms with Gasteiger partial charge in [-0.2, -0.15) is 4.98 Å². The van der Waals surface area contributed by atoms with E-state index in [0.29, 0.717) is 17.1 Å². The van der Waals surface area contributed by atoms with Crippen molar-refractivity contribution in [1.82, 2.24) is 20.3 Å².